The van der Waals surface area contributed by atoms with Gasteiger partial charge in [0.1, 0.15) is 0 Å². The van der Waals surface area contributed by atoms with Crippen molar-refractivity contribution >= 4 is 47.8 Å². The number of hydrogen-bond acceptors (Lipinski definition) is 3. The number of benzene rings is 8. The second-order valence-corrected chi connectivity index (χ2v) is 24.4. The van der Waals surface area contributed by atoms with Gasteiger partial charge >= 0.3 is 20.1 Å². The van der Waals surface area contributed by atoms with Gasteiger partial charge in [0.05, 0.1) is 0 Å². The van der Waals surface area contributed by atoms with Crippen LogP contribution in [0, 0.1) is 25.1 Å². The number of aryl methyl sites for hydroxylation is 1. The Hall–Kier alpha value is -6.70. The molecule has 0 saturated carbocycles. The first kappa shape index (κ1) is 55.6. The van der Waals surface area contributed by atoms with Crippen LogP contribution in [0.3, 0.4) is 0 Å². The van der Waals surface area contributed by atoms with Gasteiger partial charge in [-0.1, -0.05) is 257 Å². The molecule has 3 nitrogen and oxygen atoms in total. The van der Waals surface area contributed by atoms with Gasteiger partial charge in [0.25, 0.3) is 0 Å². The number of rotatable bonds is 10. The van der Waals surface area contributed by atoms with Crippen molar-refractivity contribution in [2.24, 2.45) is 0 Å². The van der Waals surface area contributed by atoms with Crippen LogP contribution in [0.4, 0.5) is 0 Å². The molecule has 11 aromatic rings. The second-order valence-electron chi connectivity index (χ2n) is 21.9. The Morgan fingerprint density at radius 3 is 1.03 bits per heavy atom. The summed E-state index contributed by atoms with van der Waals surface area (Å²) < 4.78 is 2.88. The summed E-state index contributed by atoms with van der Waals surface area (Å²) in [7, 11) is 0. The molecular formula is C72H55Br3IrN3. The molecule has 0 radical (unpaired) electrons. The molecular weight excluding hydrogens is 1340 g/mol. The van der Waals surface area contributed by atoms with Crippen LogP contribution in [0.15, 0.2) is 220 Å². The Kier molecular flexibility index (Phi) is 16.3. The number of nitrogens with zero attached hydrogens (tertiary/aromatic N) is 3. The fourth-order valence-electron chi connectivity index (χ4n) is 10.2. The molecule has 0 N–H and O–H groups in total. The molecule has 0 aliphatic carbocycles. The third-order valence-electron chi connectivity index (χ3n) is 14.5. The summed E-state index contributed by atoms with van der Waals surface area (Å²) in [5, 5.41) is 0. The molecule has 7 heteroatoms. The van der Waals surface area contributed by atoms with Crippen LogP contribution in [0.25, 0.3) is 112 Å². The first-order valence-electron chi connectivity index (χ1n) is 26.1. The SMILES string of the molecule is Cc1cc(-c2[c-]cc(-c3ccccc3-c3cc(-c4ccccc4-c4c[c-]c(-c5cc(C(C)(C)C)ccn5)cc4Br)cc(-c4ccccc4-c4c[c-]c(-c5cc(C(C)(C)C)ccn5)cc4Br)c3)c(Br)c2)ncc1-c1ccccc1.[Ir+3]. The molecule has 11 rings (SSSR count). The zero-order valence-corrected chi connectivity index (χ0v) is 52.1. The molecule has 0 fully saturated rings. The van der Waals surface area contributed by atoms with E-state index in [1.807, 2.05) is 24.7 Å². The minimum absolute atomic E-state index is 0. The summed E-state index contributed by atoms with van der Waals surface area (Å²) in [6.45, 7) is 15.5. The molecule has 79 heavy (non-hydrogen) atoms. The molecule has 388 valence electrons. The van der Waals surface area contributed by atoms with Crippen LogP contribution in [0.1, 0.15) is 58.2 Å². The molecule has 8 aromatic carbocycles. The van der Waals surface area contributed by atoms with Crippen molar-refractivity contribution < 1.29 is 20.1 Å². The van der Waals surface area contributed by atoms with E-state index in [1.165, 1.54) is 11.1 Å². The van der Waals surface area contributed by atoms with Crippen molar-refractivity contribution in [3.63, 3.8) is 0 Å². The molecule has 0 amide bonds. The van der Waals surface area contributed by atoms with Crippen molar-refractivity contribution in [1.82, 2.24) is 15.0 Å². The maximum Gasteiger partial charge on any atom is 3.00 e. The van der Waals surface area contributed by atoms with Crippen molar-refractivity contribution in [1.29, 1.82) is 0 Å². The number of pyridine rings is 3. The number of aromatic nitrogens is 3. The third-order valence-corrected chi connectivity index (χ3v) is 16.5. The maximum atomic E-state index is 4.93. The first-order chi connectivity index (χ1) is 37.6. The second kappa shape index (κ2) is 23.2. The van der Waals surface area contributed by atoms with Crippen molar-refractivity contribution in [3.05, 3.63) is 255 Å². The van der Waals surface area contributed by atoms with Gasteiger partial charge in [0, 0.05) is 24.2 Å². The number of hydrogen-bond donors (Lipinski definition) is 0. The standard InChI is InChI=1S/C72H55Br3N3.Ir/c1-45-35-68(78-44-64(45)46-17-9-8-10-18-46)47-25-28-61(65(73)39-47)58-22-14-11-19-55(58)50-36-51(56-20-12-15-23-59(56)62-29-26-48(40-66(62)74)69-42-53(31-33-76-69)71(2,3)4)38-52(37-50)57-21-13-16-24-60(57)63-30-27-49(41-67(63)75)70-43-54(32-34-77-70)72(5,6)7;/h8-24,28-44H,1-7H3;/q-3;+3. The molecule has 0 aliphatic heterocycles. The monoisotopic (exact) mass is 1390 g/mol. The zero-order chi connectivity index (χ0) is 54.3. The van der Waals surface area contributed by atoms with Gasteiger partial charge < -0.3 is 15.0 Å². The van der Waals surface area contributed by atoms with E-state index >= 15 is 0 Å². The van der Waals surface area contributed by atoms with Gasteiger partial charge in [-0.05, 0) is 121 Å². The van der Waals surface area contributed by atoms with E-state index in [1.54, 1.807) is 0 Å². The molecule has 0 unspecified atom stereocenters. The quantitative estimate of drug-likeness (QED) is 0.128. The van der Waals surface area contributed by atoms with Crippen LogP contribution >= 0.6 is 47.8 Å². The summed E-state index contributed by atoms with van der Waals surface area (Å²) in [5.74, 6) is 0. The van der Waals surface area contributed by atoms with Gasteiger partial charge in [-0.2, -0.15) is 0 Å². The van der Waals surface area contributed by atoms with Gasteiger partial charge in [0.15, 0.2) is 0 Å². The van der Waals surface area contributed by atoms with E-state index < -0.39 is 0 Å². The van der Waals surface area contributed by atoms with E-state index in [4.69, 9.17) is 15.0 Å². The smallest absolute Gasteiger partial charge is 0.305 e. The molecule has 0 atom stereocenters. The summed E-state index contributed by atoms with van der Waals surface area (Å²) in [4.78, 5) is 14.5. The number of halogens is 3. The summed E-state index contributed by atoms with van der Waals surface area (Å²) >= 11 is 12.1. The van der Waals surface area contributed by atoms with E-state index in [0.717, 1.165) is 131 Å². The maximum absolute atomic E-state index is 4.93. The Morgan fingerprint density at radius 1 is 0.342 bits per heavy atom. The van der Waals surface area contributed by atoms with E-state index in [0.29, 0.717) is 0 Å². The molecule has 0 spiro atoms. The average Bonchev–Trinajstić information content (AvgIpc) is 3.49. The third kappa shape index (κ3) is 11.8. The van der Waals surface area contributed by atoms with E-state index in [2.05, 4.69) is 296 Å². The van der Waals surface area contributed by atoms with Crippen LogP contribution in [-0.4, -0.2) is 15.0 Å². The fraction of sp³-hybridized carbons (Fsp3) is 0.125. The molecule has 3 aromatic heterocycles. The molecule has 0 aliphatic rings. The summed E-state index contributed by atoms with van der Waals surface area (Å²) in [6.07, 6.45) is 5.77. The minimum atomic E-state index is -0.00818. The summed E-state index contributed by atoms with van der Waals surface area (Å²) in [6, 6.07) is 77.7. The topological polar surface area (TPSA) is 38.7 Å². The Bertz CT molecular complexity index is 3890. The largest absolute Gasteiger partial charge is 3.00 e. The van der Waals surface area contributed by atoms with Crippen LogP contribution in [0.2, 0.25) is 0 Å². The summed E-state index contributed by atoms with van der Waals surface area (Å²) in [5.41, 5.74) is 24.2. The Balaban J connectivity index is 0.00000704. The fourth-order valence-corrected chi connectivity index (χ4v) is 11.8. The van der Waals surface area contributed by atoms with Gasteiger partial charge in [-0.15, -0.1) is 71.3 Å². The van der Waals surface area contributed by atoms with Crippen LogP contribution < -0.4 is 0 Å². The van der Waals surface area contributed by atoms with Gasteiger partial charge in [-0.25, -0.2) is 0 Å². The van der Waals surface area contributed by atoms with E-state index in [9.17, 15) is 0 Å². The normalized spacial score (nSPS) is 11.6. The van der Waals surface area contributed by atoms with Gasteiger partial charge in [0.2, 0.25) is 0 Å². The Labute approximate surface area is 504 Å². The average molecular weight is 1390 g/mol. The van der Waals surface area contributed by atoms with Crippen molar-refractivity contribution in [2.45, 2.75) is 59.3 Å². The molecule has 0 saturated heterocycles. The Morgan fingerprint density at radius 2 is 0.684 bits per heavy atom. The predicted octanol–water partition coefficient (Wildman–Crippen LogP) is 21.1. The first-order valence-corrected chi connectivity index (χ1v) is 28.5. The van der Waals surface area contributed by atoms with Crippen LogP contribution in [0.5, 0.6) is 0 Å². The minimum Gasteiger partial charge on any atom is -0.305 e. The van der Waals surface area contributed by atoms with Crippen molar-refractivity contribution in [2.75, 3.05) is 0 Å². The molecule has 3 heterocycles. The van der Waals surface area contributed by atoms with Gasteiger partial charge in [-0.3, -0.25) is 0 Å². The molecule has 0 bridgehead atoms. The van der Waals surface area contributed by atoms with Crippen molar-refractivity contribution in [3.8, 4) is 112 Å². The van der Waals surface area contributed by atoms with E-state index in [-0.39, 0.29) is 30.9 Å². The predicted molar refractivity (Wildman–Crippen MR) is 336 cm³/mol. The zero-order valence-electron chi connectivity index (χ0n) is 44.9. The van der Waals surface area contributed by atoms with Crippen LogP contribution in [-0.2, 0) is 30.9 Å².